The van der Waals surface area contributed by atoms with E-state index in [1.165, 1.54) is 6.08 Å². The topological polar surface area (TPSA) is 87.0 Å². The van der Waals surface area contributed by atoms with E-state index < -0.39 is 12.7 Å². The van der Waals surface area contributed by atoms with Gasteiger partial charge in [0.2, 0.25) is 0 Å². The van der Waals surface area contributed by atoms with Gasteiger partial charge < -0.3 is 20.1 Å². The van der Waals surface area contributed by atoms with Crippen molar-refractivity contribution in [3.8, 4) is 0 Å². The van der Waals surface area contributed by atoms with Crippen LogP contribution in [0.3, 0.4) is 0 Å². The van der Waals surface area contributed by atoms with E-state index in [0.717, 1.165) is 50.5 Å². The highest BCUT2D eigenvalue weighted by molar-refractivity contribution is 5.90. The van der Waals surface area contributed by atoms with Crippen molar-refractivity contribution in [2.75, 3.05) is 6.61 Å². The van der Waals surface area contributed by atoms with Gasteiger partial charge >= 0.3 is 0 Å². The number of carbonyl (C=O) groups excluding carboxylic acids is 1. The molecule has 1 heterocycles. The second-order valence-corrected chi connectivity index (χ2v) is 8.12. The van der Waals surface area contributed by atoms with Gasteiger partial charge in [-0.1, -0.05) is 32.4 Å². The first kappa shape index (κ1) is 22.3. The fraction of sp³-hybridized carbons (Fsp3) is 0.773. The summed E-state index contributed by atoms with van der Waals surface area (Å²) in [6.45, 7) is 5.61. The lowest BCUT2D eigenvalue weighted by atomic mass is 9.85. The van der Waals surface area contributed by atoms with E-state index >= 15 is 0 Å². The predicted molar refractivity (Wildman–Crippen MR) is 105 cm³/mol. The molecule has 2 fully saturated rings. The highest BCUT2D eigenvalue weighted by Crippen LogP contribution is 2.46. The minimum Gasteiger partial charge on any atom is -0.393 e. The Kier molecular flexibility index (Phi) is 9.16. The monoisotopic (exact) mass is 380 g/mol. The third-order valence-corrected chi connectivity index (χ3v) is 6.07. The van der Waals surface area contributed by atoms with Crippen molar-refractivity contribution < 1.29 is 24.9 Å². The lowest BCUT2D eigenvalue weighted by Crippen LogP contribution is -2.21. The number of rotatable bonds is 12. The van der Waals surface area contributed by atoms with Gasteiger partial charge in [-0.15, -0.1) is 0 Å². The Morgan fingerprint density at radius 2 is 2.11 bits per heavy atom. The predicted octanol–water partition coefficient (Wildman–Crippen LogP) is 2.93. The summed E-state index contributed by atoms with van der Waals surface area (Å²) in [6.07, 6.45) is 10.5. The Hall–Kier alpha value is -1.01. The molecule has 6 atom stereocenters. The van der Waals surface area contributed by atoms with E-state index in [0.29, 0.717) is 18.8 Å². The molecule has 5 heteroatoms. The molecule has 5 nitrogen and oxygen atoms in total. The lowest BCUT2D eigenvalue weighted by molar-refractivity contribution is -0.117. The SMILES string of the molecule is C=C(CCC)C(O)CCC[C@@H]1[C@H]2CC(CCC=CC(=O)CO)O[C@H]2C[C@H]1O. The molecule has 0 aromatic heterocycles. The summed E-state index contributed by atoms with van der Waals surface area (Å²) in [5.41, 5.74) is 0.916. The van der Waals surface area contributed by atoms with Crippen molar-refractivity contribution in [2.45, 2.75) is 89.1 Å². The number of hydrogen-bond acceptors (Lipinski definition) is 5. The summed E-state index contributed by atoms with van der Waals surface area (Å²) in [4.78, 5) is 11.1. The first-order chi connectivity index (χ1) is 13.0. The number of aliphatic hydroxyl groups is 3. The average molecular weight is 381 g/mol. The summed E-state index contributed by atoms with van der Waals surface area (Å²) >= 11 is 0. The summed E-state index contributed by atoms with van der Waals surface area (Å²) in [6, 6.07) is 0. The van der Waals surface area contributed by atoms with Gasteiger partial charge in [0.15, 0.2) is 5.78 Å². The largest absolute Gasteiger partial charge is 0.393 e. The number of ketones is 1. The smallest absolute Gasteiger partial charge is 0.180 e. The minimum atomic E-state index is -0.444. The van der Waals surface area contributed by atoms with Gasteiger partial charge in [0, 0.05) is 6.42 Å². The zero-order valence-electron chi connectivity index (χ0n) is 16.6. The molecule has 0 radical (unpaired) electrons. The molecule has 2 unspecified atom stereocenters. The standard InChI is InChI=1S/C22H36O5/c1-3-7-15(2)20(25)11-6-10-18-19-12-17(27-22(19)13-21(18)26)9-5-4-8-16(24)14-23/h4,8,17-23,25-26H,2-3,5-7,9-14H2,1H3/t17?,18-,19-,20?,21-,22+/m1/s1. The van der Waals surface area contributed by atoms with Crippen molar-refractivity contribution in [1.82, 2.24) is 0 Å². The summed E-state index contributed by atoms with van der Waals surface area (Å²) in [5, 5.41) is 29.3. The summed E-state index contributed by atoms with van der Waals surface area (Å²) in [5.74, 6) is 0.369. The first-order valence-electron chi connectivity index (χ1n) is 10.5. The van der Waals surface area contributed by atoms with Crippen LogP contribution in [-0.4, -0.2) is 52.1 Å². The first-order valence-corrected chi connectivity index (χ1v) is 10.5. The molecule has 0 amide bonds. The Balaban J connectivity index is 1.73. The normalized spacial score (nSPS) is 31.3. The zero-order valence-corrected chi connectivity index (χ0v) is 16.6. The number of allylic oxidation sites excluding steroid dienone is 1. The highest BCUT2D eigenvalue weighted by Gasteiger charge is 2.48. The number of carbonyl (C=O) groups is 1. The van der Waals surface area contributed by atoms with E-state index in [2.05, 4.69) is 13.5 Å². The van der Waals surface area contributed by atoms with Crippen LogP contribution in [0.4, 0.5) is 0 Å². The van der Waals surface area contributed by atoms with Gasteiger partial charge in [-0.3, -0.25) is 4.79 Å². The second-order valence-electron chi connectivity index (χ2n) is 8.12. The molecule has 0 aromatic carbocycles. The molecule has 154 valence electrons. The molecular formula is C22H36O5. The quantitative estimate of drug-likeness (QED) is 0.358. The van der Waals surface area contributed by atoms with Crippen molar-refractivity contribution in [3.05, 3.63) is 24.3 Å². The number of hydrogen-bond donors (Lipinski definition) is 3. The third-order valence-electron chi connectivity index (χ3n) is 6.07. The van der Waals surface area contributed by atoms with Crippen LogP contribution in [0.25, 0.3) is 0 Å². The Morgan fingerprint density at radius 1 is 1.33 bits per heavy atom. The molecule has 2 rings (SSSR count). The fourth-order valence-electron chi connectivity index (χ4n) is 4.62. The molecule has 0 spiro atoms. The van der Waals surface area contributed by atoms with Crippen LogP contribution in [0.2, 0.25) is 0 Å². The Labute approximate surface area is 163 Å². The molecule has 1 aliphatic carbocycles. The molecule has 3 N–H and O–H groups in total. The zero-order chi connectivity index (χ0) is 19.8. The Morgan fingerprint density at radius 3 is 2.81 bits per heavy atom. The third kappa shape index (κ3) is 6.53. The van der Waals surface area contributed by atoms with Crippen LogP contribution in [0.1, 0.15) is 64.7 Å². The Bertz CT molecular complexity index is 515. The van der Waals surface area contributed by atoms with Crippen LogP contribution in [0.5, 0.6) is 0 Å². The molecular weight excluding hydrogens is 344 g/mol. The van der Waals surface area contributed by atoms with Crippen LogP contribution >= 0.6 is 0 Å². The number of ether oxygens (including phenoxy) is 1. The van der Waals surface area contributed by atoms with E-state index in [1.54, 1.807) is 6.08 Å². The van der Waals surface area contributed by atoms with Crippen LogP contribution in [0, 0.1) is 11.8 Å². The molecule has 1 aliphatic heterocycles. The van der Waals surface area contributed by atoms with Crippen molar-refractivity contribution in [1.29, 1.82) is 0 Å². The van der Waals surface area contributed by atoms with Gasteiger partial charge in [-0.2, -0.15) is 0 Å². The minimum absolute atomic E-state index is 0.137. The number of aliphatic hydroxyl groups excluding tert-OH is 3. The van der Waals surface area contributed by atoms with Crippen LogP contribution in [-0.2, 0) is 9.53 Å². The molecule has 0 aromatic rings. The van der Waals surface area contributed by atoms with E-state index in [4.69, 9.17) is 9.84 Å². The molecule has 2 aliphatic rings. The van der Waals surface area contributed by atoms with E-state index in [1.807, 2.05) is 0 Å². The van der Waals surface area contributed by atoms with Crippen LogP contribution < -0.4 is 0 Å². The van der Waals surface area contributed by atoms with Crippen molar-refractivity contribution in [2.24, 2.45) is 11.8 Å². The van der Waals surface area contributed by atoms with Gasteiger partial charge in [0.1, 0.15) is 6.61 Å². The summed E-state index contributed by atoms with van der Waals surface area (Å²) in [7, 11) is 0. The molecule has 27 heavy (non-hydrogen) atoms. The maximum Gasteiger partial charge on any atom is 0.180 e. The molecule has 0 bridgehead atoms. The molecule has 1 saturated heterocycles. The van der Waals surface area contributed by atoms with E-state index in [-0.39, 0.29) is 30.0 Å². The lowest BCUT2D eigenvalue weighted by Gasteiger charge is -2.22. The fourth-order valence-corrected chi connectivity index (χ4v) is 4.62. The van der Waals surface area contributed by atoms with E-state index in [9.17, 15) is 15.0 Å². The van der Waals surface area contributed by atoms with Crippen molar-refractivity contribution in [3.63, 3.8) is 0 Å². The van der Waals surface area contributed by atoms with Gasteiger partial charge in [0.25, 0.3) is 0 Å². The van der Waals surface area contributed by atoms with Crippen molar-refractivity contribution >= 4 is 5.78 Å². The number of fused-ring (bicyclic) bond motifs is 1. The highest BCUT2D eigenvalue weighted by atomic mass is 16.5. The molecule has 1 saturated carbocycles. The maximum absolute atomic E-state index is 11.1. The second kappa shape index (κ2) is 11.1. The van der Waals surface area contributed by atoms with Crippen LogP contribution in [0.15, 0.2) is 24.3 Å². The van der Waals surface area contributed by atoms with Gasteiger partial charge in [-0.05, 0) is 62.0 Å². The maximum atomic E-state index is 11.1. The van der Waals surface area contributed by atoms with Gasteiger partial charge in [-0.25, -0.2) is 0 Å². The van der Waals surface area contributed by atoms with Gasteiger partial charge in [0.05, 0.1) is 24.4 Å². The summed E-state index contributed by atoms with van der Waals surface area (Å²) < 4.78 is 6.13. The average Bonchev–Trinajstić information content (AvgIpc) is 3.16.